The van der Waals surface area contributed by atoms with Crippen molar-refractivity contribution >= 4 is 17.7 Å². The Hall–Kier alpha value is -3.53. The Morgan fingerprint density at radius 3 is 2.21 bits per heavy atom. The van der Waals surface area contributed by atoms with Crippen LogP contribution in [-0.2, 0) is 11.4 Å². The number of anilines is 1. The van der Waals surface area contributed by atoms with E-state index in [1.807, 2.05) is 78.9 Å². The van der Waals surface area contributed by atoms with Crippen LogP contribution in [0.15, 0.2) is 84.9 Å². The number of carbonyl (C=O) groups excluding carboxylic acids is 1. The van der Waals surface area contributed by atoms with E-state index < -0.39 is 0 Å². The number of nitrogens with one attached hydrogen (secondary N) is 1. The van der Waals surface area contributed by atoms with Gasteiger partial charge in [0.2, 0.25) is 5.91 Å². The number of benzene rings is 3. The first-order valence-corrected chi connectivity index (χ1v) is 9.71. The van der Waals surface area contributed by atoms with E-state index in [9.17, 15) is 4.79 Å². The fourth-order valence-corrected chi connectivity index (χ4v) is 2.63. The van der Waals surface area contributed by atoms with Gasteiger partial charge in [-0.3, -0.25) is 4.79 Å². The lowest BCUT2D eigenvalue weighted by Crippen LogP contribution is -2.07. The van der Waals surface area contributed by atoms with E-state index in [0.717, 1.165) is 34.7 Å². The van der Waals surface area contributed by atoms with E-state index in [1.165, 1.54) is 6.08 Å². The summed E-state index contributed by atoms with van der Waals surface area (Å²) in [6, 6.07) is 25.0. The molecule has 0 saturated heterocycles. The standard InChI is InChI=1S/C25H25NO3/c1-2-18-28-23-15-11-22(12-16-23)26-25(27)17-10-20-8-13-24(14-9-20)29-19-21-6-4-3-5-7-21/h3-17H,2,18-19H2,1H3,(H,26,27)/b17-10+. The lowest BCUT2D eigenvalue weighted by atomic mass is 10.2. The second-order valence-corrected chi connectivity index (χ2v) is 6.54. The molecule has 29 heavy (non-hydrogen) atoms. The zero-order valence-corrected chi connectivity index (χ0v) is 16.5. The van der Waals surface area contributed by atoms with Crippen molar-refractivity contribution < 1.29 is 14.3 Å². The van der Waals surface area contributed by atoms with Crippen molar-refractivity contribution in [2.75, 3.05) is 11.9 Å². The number of rotatable bonds is 9. The first-order valence-electron chi connectivity index (χ1n) is 9.71. The Kier molecular flexibility index (Phi) is 7.47. The molecule has 0 saturated carbocycles. The third kappa shape index (κ3) is 6.85. The van der Waals surface area contributed by atoms with Gasteiger partial charge in [0.1, 0.15) is 18.1 Å². The summed E-state index contributed by atoms with van der Waals surface area (Å²) in [7, 11) is 0. The molecule has 0 atom stereocenters. The molecule has 1 N–H and O–H groups in total. The minimum absolute atomic E-state index is 0.184. The monoisotopic (exact) mass is 387 g/mol. The van der Waals surface area contributed by atoms with E-state index in [2.05, 4.69) is 12.2 Å². The molecule has 0 heterocycles. The zero-order valence-electron chi connectivity index (χ0n) is 16.5. The Bertz CT molecular complexity index is 917. The Morgan fingerprint density at radius 1 is 0.862 bits per heavy atom. The summed E-state index contributed by atoms with van der Waals surface area (Å²) < 4.78 is 11.3. The van der Waals surface area contributed by atoms with Gasteiger partial charge in [-0.05, 0) is 60.0 Å². The average Bonchev–Trinajstić information content (AvgIpc) is 2.77. The van der Waals surface area contributed by atoms with Crippen LogP contribution in [-0.4, -0.2) is 12.5 Å². The fraction of sp³-hybridized carbons (Fsp3) is 0.160. The van der Waals surface area contributed by atoms with Crippen molar-refractivity contribution in [3.8, 4) is 11.5 Å². The third-order valence-electron chi connectivity index (χ3n) is 4.15. The maximum Gasteiger partial charge on any atom is 0.248 e. The first kappa shape index (κ1) is 20.2. The lowest BCUT2D eigenvalue weighted by molar-refractivity contribution is -0.111. The molecule has 1 amide bonds. The van der Waals surface area contributed by atoms with Crippen LogP contribution in [0.25, 0.3) is 6.08 Å². The molecule has 4 heteroatoms. The average molecular weight is 387 g/mol. The summed E-state index contributed by atoms with van der Waals surface area (Å²) >= 11 is 0. The SMILES string of the molecule is CCCOc1ccc(NC(=O)/C=C/c2ccc(OCc3ccccc3)cc2)cc1. The van der Waals surface area contributed by atoms with Crippen LogP contribution in [0.4, 0.5) is 5.69 Å². The molecule has 148 valence electrons. The van der Waals surface area contributed by atoms with E-state index in [4.69, 9.17) is 9.47 Å². The second-order valence-electron chi connectivity index (χ2n) is 6.54. The van der Waals surface area contributed by atoms with E-state index >= 15 is 0 Å². The van der Waals surface area contributed by atoms with Gasteiger partial charge in [0.25, 0.3) is 0 Å². The quantitative estimate of drug-likeness (QED) is 0.479. The predicted molar refractivity (Wildman–Crippen MR) is 117 cm³/mol. The largest absolute Gasteiger partial charge is 0.494 e. The first-order chi connectivity index (χ1) is 14.2. The summed E-state index contributed by atoms with van der Waals surface area (Å²) in [5.74, 6) is 1.41. The number of hydrogen-bond acceptors (Lipinski definition) is 3. The van der Waals surface area contributed by atoms with Crippen LogP contribution in [0.2, 0.25) is 0 Å². The minimum atomic E-state index is -0.184. The van der Waals surface area contributed by atoms with Crippen LogP contribution >= 0.6 is 0 Å². The molecule has 0 bridgehead atoms. The van der Waals surface area contributed by atoms with Gasteiger partial charge in [-0.1, -0.05) is 49.4 Å². The molecule has 0 unspecified atom stereocenters. The summed E-state index contributed by atoms with van der Waals surface area (Å²) in [5.41, 5.74) is 2.78. The van der Waals surface area contributed by atoms with Crippen molar-refractivity contribution in [1.82, 2.24) is 0 Å². The van der Waals surface area contributed by atoms with E-state index in [0.29, 0.717) is 13.2 Å². The fourth-order valence-electron chi connectivity index (χ4n) is 2.63. The van der Waals surface area contributed by atoms with Crippen LogP contribution in [0.1, 0.15) is 24.5 Å². The van der Waals surface area contributed by atoms with Crippen molar-refractivity contribution in [2.45, 2.75) is 20.0 Å². The van der Waals surface area contributed by atoms with Gasteiger partial charge in [-0.2, -0.15) is 0 Å². The summed E-state index contributed by atoms with van der Waals surface area (Å²) in [5, 5.41) is 2.84. The highest BCUT2D eigenvalue weighted by atomic mass is 16.5. The van der Waals surface area contributed by atoms with Crippen molar-refractivity contribution in [3.05, 3.63) is 96.1 Å². The lowest BCUT2D eigenvalue weighted by Gasteiger charge is -2.07. The topological polar surface area (TPSA) is 47.6 Å². The van der Waals surface area contributed by atoms with Gasteiger partial charge in [0.05, 0.1) is 6.61 Å². The van der Waals surface area contributed by atoms with Gasteiger partial charge in [0, 0.05) is 11.8 Å². The van der Waals surface area contributed by atoms with Crippen LogP contribution in [0, 0.1) is 0 Å². The highest BCUT2D eigenvalue weighted by Crippen LogP contribution is 2.17. The highest BCUT2D eigenvalue weighted by molar-refractivity contribution is 6.01. The molecule has 3 rings (SSSR count). The van der Waals surface area contributed by atoms with Crippen LogP contribution in [0.3, 0.4) is 0 Å². The number of ether oxygens (including phenoxy) is 2. The number of hydrogen-bond donors (Lipinski definition) is 1. The molecule has 0 radical (unpaired) electrons. The number of carbonyl (C=O) groups is 1. The van der Waals surface area contributed by atoms with E-state index in [1.54, 1.807) is 6.08 Å². The molecular weight excluding hydrogens is 362 g/mol. The molecule has 3 aromatic rings. The van der Waals surface area contributed by atoms with E-state index in [-0.39, 0.29) is 5.91 Å². The molecule has 0 aliphatic carbocycles. The van der Waals surface area contributed by atoms with Gasteiger partial charge < -0.3 is 14.8 Å². The predicted octanol–water partition coefficient (Wildman–Crippen LogP) is 5.71. The van der Waals surface area contributed by atoms with Gasteiger partial charge in [-0.25, -0.2) is 0 Å². The summed E-state index contributed by atoms with van der Waals surface area (Å²) in [6.07, 6.45) is 4.25. The normalized spacial score (nSPS) is 10.7. The molecule has 0 fully saturated rings. The molecule has 0 spiro atoms. The van der Waals surface area contributed by atoms with Crippen molar-refractivity contribution in [2.24, 2.45) is 0 Å². The van der Waals surface area contributed by atoms with Crippen molar-refractivity contribution in [1.29, 1.82) is 0 Å². The third-order valence-corrected chi connectivity index (χ3v) is 4.15. The molecule has 4 nitrogen and oxygen atoms in total. The van der Waals surface area contributed by atoms with Gasteiger partial charge >= 0.3 is 0 Å². The molecule has 3 aromatic carbocycles. The Morgan fingerprint density at radius 2 is 1.52 bits per heavy atom. The van der Waals surface area contributed by atoms with Crippen molar-refractivity contribution in [3.63, 3.8) is 0 Å². The highest BCUT2D eigenvalue weighted by Gasteiger charge is 2.00. The van der Waals surface area contributed by atoms with Crippen LogP contribution in [0.5, 0.6) is 11.5 Å². The molecule has 0 aromatic heterocycles. The smallest absolute Gasteiger partial charge is 0.248 e. The van der Waals surface area contributed by atoms with Gasteiger partial charge in [0.15, 0.2) is 0 Å². The van der Waals surface area contributed by atoms with Crippen LogP contribution < -0.4 is 14.8 Å². The Balaban J connectivity index is 1.48. The molecule has 0 aliphatic heterocycles. The summed E-state index contributed by atoms with van der Waals surface area (Å²) in [6.45, 7) is 3.28. The minimum Gasteiger partial charge on any atom is -0.494 e. The molecule has 0 aliphatic rings. The van der Waals surface area contributed by atoms with Gasteiger partial charge in [-0.15, -0.1) is 0 Å². The summed E-state index contributed by atoms with van der Waals surface area (Å²) in [4.78, 5) is 12.1. The maximum atomic E-state index is 12.1. The Labute approximate surface area is 171 Å². The number of amides is 1. The zero-order chi connectivity index (χ0) is 20.3. The maximum absolute atomic E-state index is 12.1. The molecular formula is C25H25NO3. The second kappa shape index (κ2) is 10.7.